The van der Waals surface area contributed by atoms with Gasteiger partial charge in [0.25, 0.3) is 0 Å². The molecule has 96 valence electrons. The predicted octanol–water partition coefficient (Wildman–Crippen LogP) is 2.65. The highest BCUT2D eigenvalue weighted by molar-refractivity contribution is 5.59. The van der Waals surface area contributed by atoms with E-state index in [9.17, 15) is 18.3 Å². The van der Waals surface area contributed by atoms with Crippen molar-refractivity contribution in [3.05, 3.63) is 23.8 Å². The number of alkyl halides is 3. The lowest BCUT2D eigenvalue weighted by molar-refractivity contribution is -0.140. The summed E-state index contributed by atoms with van der Waals surface area (Å²) in [7, 11) is 1.40. The lowest BCUT2D eigenvalue weighted by atomic mass is 10.0. The Bertz CT molecular complexity index is 379. The molecule has 0 aliphatic rings. The van der Waals surface area contributed by atoms with E-state index in [1.54, 1.807) is 12.1 Å². The molecule has 6 heteroatoms. The Morgan fingerprint density at radius 2 is 2.06 bits per heavy atom. The highest BCUT2D eigenvalue weighted by atomic mass is 19.4. The van der Waals surface area contributed by atoms with Crippen LogP contribution in [-0.2, 0) is 0 Å². The van der Waals surface area contributed by atoms with Crippen molar-refractivity contribution in [2.45, 2.75) is 25.1 Å². The number of rotatable bonds is 4. The Labute approximate surface area is 97.0 Å². The van der Waals surface area contributed by atoms with Crippen LogP contribution in [0.25, 0.3) is 0 Å². The topological polar surface area (TPSA) is 55.5 Å². The number of anilines is 1. The van der Waals surface area contributed by atoms with E-state index < -0.39 is 25.1 Å². The zero-order valence-corrected chi connectivity index (χ0v) is 9.29. The number of aliphatic hydroxyl groups is 1. The Morgan fingerprint density at radius 3 is 2.59 bits per heavy atom. The maximum Gasteiger partial charge on any atom is 0.389 e. The number of halogens is 3. The van der Waals surface area contributed by atoms with Gasteiger partial charge in [0.15, 0.2) is 0 Å². The summed E-state index contributed by atoms with van der Waals surface area (Å²) in [6, 6.07) is 4.63. The van der Waals surface area contributed by atoms with Crippen molar-refractivity contribution in [1.82, 2.24) is 0 Å². The zero-order chi connectivity index (χ0) is 13.1. The van der Waals surface area contributed by atoms with E-state index in [1.165, 1.54) is 13.2 Å². The molecule has 1 rings (SSSR count). The highest BCUT2D eigenvalue weighted by Gasteiger charge is 2.28. The Kier molecular flexibility index (Phi) is 4.22. The first-order valence-electron chi connectivity index (χ1n) is 5.02. The van der Waals surface area contributed by atoms with Gasteiger partial charge in [0.1, 0.15) is 5.75 Å². The molecule has 1 aromatic carbocycles. The number of hydrogen-bond acceptors (Lipinski definition) is 3. The van der Waals surface area contributed by atoms with Crippen LogP contribution in [-0.4, -0.2) is 18.4 Å². The third kappa shape index (κ3) is 3.81. The fraction of sp³-hybridized carbons (Fsp3) is 0.455. The molecule has 1 aromatic rings. The first-order valence-corrected chi connectivity index (χ1v) is 5.02. The first kappa shape index (κ1) is 13.6. The normalized spacial score (nSPS) is 13.5. The monoisotopic (exact) mass is 249 g/mol. The second-order valence-electron chi connectivity index (χ2n) is 3.63. The van der Waals surface area contributed by atoms with Crippen molar-refractivity contribution < 1.29 is 23.0 Å². The number of nitrogens with two attached hydrogens (primary N) is 1. The minimum absolute atomic E-state index is 0.171. The maximum atomic E-state index is 12.0. The average Bonchev–Trinajstić information content (AvgIpc) is 2.25. The summed E-state index contributed by atoms with van der Waals surface area (Å²) >= 11 is 0. The quantitative estimate of drug-likeness (QED) is 0.806. The van der Waals surface area contributed by atoms with Gasteiger partial charge in [0, 0.05) is 12.0 Å². The molecule has 3 nitrogen and oxygen atoms in total. The van der Waals surface area contributed by atoms with Crippen molar-refractivity contribution in [3.8, 4) is 5.75 Å². The van der Waals surface area contributed by atoms with Gasteiger partial charge in [-0.3, -0.25) is 0 Å². The van der Waals surface area contributed by atoms with E-state index in [1.807, 2.05) is 0 Å². The summed E-state index contributed by atoms with van der Waals surface area (Å²) < 4.78 is 41.0. The number of nitrogen functional groups attached to an aromatic ring is 1. The average molecular weight is 249 g/mol. The van der Waals surface area contributed by atoms with Crippen LogP contribution in [0, 0.1) is 0 Å². The third-order valence-corrected chi connectivity index (χ3v) is 2.38. The van der Waals surface area contributed by atoms with Crippen LogP contribution in [0.5, 0.6) is 5.75 Å². The first-order chi connectivity index (χ1) is 7.85. The molecular weight excluding hydrogens is 235 g/mol. The number of hydrogen-bond donors (Lipinski definition) is 2. The van der Waals surface area contributed by atoms with Crippen molar-refractivity contribution in [2.75, 3.05) is 12.8 Å². The van der Waals surface area contributed by atoms with Crippen LogP contribution < -0.4 is 10.5 Å². The minimum atomic E-state index is -4.28. The van der Waals surface area contributed by atoms with E-state index in [0.29, 0.717) is 5.75 Å². The van der Waals surface area contributed by atoms with Gasteiger partial charge in [-0.1, -0.05) is 12.1 Å². The van der Waals surface area contributed by atoms with E-state index in [0.717, 1.165) is 0 Å². The molecule has 0 aromatic heterocycles. The molecule has 3 N–H and O–H groups in total. The van der Waals surface area contributed by atoms with Gasteiger partial charge >= 0.3 is 6.18 Å². The zero-order valence-electron chi connectivity index (χ0n) is 9.29. The molecule has 0 fully saturated rings. The number of benzene rings is 1. The van der Waals surface area contributed by atoms with Gasteiger partial charge in [0.2, 0.25) is 0 Å². The molecule has 0 radical (unpaired) electrons. The van der Waals surface area contributed by atoms with E-state index in [-0.39, 0.29) is 11.3 Å². The van der Waals surface area contributed by atoms with Crippen LogP contribution >= 0.6 is 0 Å². The fourth-order valence-electron chi connectivity index (χ4n) is 1.49. The Hall–Kier alpha value is -1.43. The summed E-state index contributed by atoms with van der Waals surface area (Å²) in [4.78, 5) is 0. The van der Waals surface area contributed by atoms with Crippen LogP contribution in [0.3, 0.4) is 0 Å². The summed E-state index contributed by atoms with van der Waals surface area (Å²) in [5, 5.41) is 9.65. The maximum absolute atomic E-state index is 12.0. The predicted molar refractivity (Wildman–Crippen MR) is 57.7 cm³/mol. The third-order valence-electron chi connectivity index (χ3n) is 2.38. The Morgan fingerprint density at radius 1 is 1.41 bits per heavy atom. The highest BCUT2D eigenvalue weighted by Crippen LogP contribution is 2.33. The number of ether oxygens (including phenoxy) is 1. The smallest absolute Gasteiger partial charge is 0.389 e. The van der Waals surface area contributed by atoms with Crippen molar-refractivity contribution in [3.63, 3.8) is 0 Å². The van der Waals surface area contributed by atoms with Gasteiger partial charge < -0.3 is 15.6 Å². The summed E-state index contributed by atoms with van der Waals surface area (Å²) in [6.07, 6.45) is -6.99. The molecule has 0 amide bonds. The van der Waals surface area contributed by atoms with Gasteiger partial charge in [-0.25, -0.2) is 0 Å². The molecule has 0 heterocycles. The molecule has 0 saturated heterocycles. The van der Waals surface area contributed by atoms with Gasteiger partial charge in [0.05, 0.1) is 18.9 Å². The van der Waals surface area contributed by atoms with Crippen LogP contribution in [0.4, 0.5) is 18.9 Å². The Balaban J connectivity index is 2.79. The van der Waals surface area contributed by atoms with Crippen LogP contribution in [0.15, 0.2) is 18.2 Å². The summed E-state index contributed by atoms with van der Waals surface area (Å²) in [5.74, 6) is 0.341. The standard InChI is InChI=1S/C11H14F3NO2/c1-17-9-4-2-3-7(10(9)15)8(16)5-6-11(12,13)14/h2-4,8,16H,5-6,15H2,1H3. The molecule has 1 atom stereocenters. The van der Waals surface area contributed by atoms with Gasteiger partial charge in [-0.2, -0.15) is 13.2 Å². The van der Waals surface area contributed by atoms with E-state index in [4.69, 9.17) is 10.5 Å². The van der Waals surface area contributed by atoms with Crippen molar-refractivity contribution >= 4 is 5.69 Å². The van der Waals surface area contributed by atoms with Gasteiger partial charge in [-0.15, -0.1) is 0 Å². The summed E-state index contributed by atoms with van der Waals surface area (Å²) in [5.41, 5.74) is 6.10. The lowest BCUT2D eigenvalue weighted by Crippen LogP contribution is -2.11. The number of aliphatic hydroxyl groups excluding tert-OH is 1. The molecular formula is C11H14F3NO2. The summed E-state index contributed by atoms with van der Waals surface area (Å²) in [6.45, 7) is 0. The van der Waals surface area contributed by atoms with E-state index >= 15 is 0 Å². The second-order valence-corrected chi connectivity index (χ2v) is 3.63. The molecule has 0 bridgehead atoms. The second kappa shape index (κ2) is 5.27. The molecule has 0 saturated carbocycles. The molecule has 17 heavy (non-hydrogen) atoms. The van der Waals surface area contributed by atoms with Crippen molar-refractivity contribution in [2.24, 2.45) is 0 Å². The molecule has 0 aliphatic carbocycles. The molecule has 1 unspecified atom stereocenters. The number of methoxy groups -OCH3 is 1. The minimum Gasteiger partial charge on any atom is -0.495 e. The largest absolute Gasteiger partial charge is 0.495 e. The van der Waals surface area contributed by atoms with Crippen LogP contribution in [0.1, 0.15) is 24.5 Å². The SMILES string of the molecule is COc1cccc(C(O)CCC(F)(F)F)c1N. The fourth-order valence-corrected chi connectivity index (χ4v) is 1.49. The number of para-hydroxylation sites is 1. The van der Waals surface area contributed by atoms with Crippen molar-refractivity contribution in [1.29, 1.82) is 0 Å². The van der Waals surface area contributed by atoms with Gasteiger partial charge in [-0.05, 0) is 12.5 Å². The van der Waals surface area contributed by atoms with Crippen LogP contribution in [0.2, 0.25) is 0 Å². The molecule has 0 aliphatic heterocycles. The molecule has 0 spiro atoms. The lowest BCUT2D eigenvalue weighted by Gasteiger charge is -2.16. The van der Waals surface area contributed by atoms with E-state index in [2.05, 4.69) is 0 Å².